The molecule has 11 aliphatic carbocycles. The largest absolute Gasteiger partial charge is 0.0619 e. The van der Waals surface area contributed by atoms with E-state index in [1.807, 2.05) is 0 Å². The SMILES string of the molecule is CC1C2C3C4CCC4C3C2C2C1C1C3C(C)C4C5C6C7CCC7C6C5C4C3C12. The highest BCUT2D eigenvalue weighted by atomic mass is 14.9. The van der Waals surface area contributed by atoms with Gasteiger partial charge in [0.05, 0.1) is 0 Å². The summed E-state index contributed by atoms with van der Waals surface area (Å²) in [6.07, 6.45) is 6.54. The van der Waals surface area contributed by atoms with Crippen LogP contribution in [0, 0.1) is 130 Å². The summed E-state index contributed by atoms with van der Waals surface area (Å²) in [4.78, 5) is 0. The van der Waals surface area contributed by atoms with Crippen LogP contribution in [-0.4, -0.2) is 0 Å². The summed E-state index contributed by atoms with van der Waals surface area (Å²) in [6.45, 7) is 5.52. The fraction of sp³-hybridized carbons (Fsp3) is 1.00. The minimum absolute atomic E-state index is 1.13. The Morgan fingerprint density at radius 3 is 0.893 bits per heavy atom. The number of hydrogen-bond acceptors (Lipinski definition) is 0. The molecular formula is C28H36. The average molecular weight is 373 g/mol. The van der Waals surface area contributed by atoms with E-state index in [9.17, 15) is 0 Å². The van der Waals surface area contributed by atoms with Crippen LogP contribution in [0.1, 0.15) is 39.5 Å². The van der Waals surface area contributed by atoms with Gasteiger partial charge in [0.2, 0.25) is 0 Å². The van der Waals surface area contributed by atoms with Gasteiger partial charge in [-0.15, -0.1) is 0 Å². The van der Waals surface area contributed by atoms with Gasteiger partial charge in [-0.25, -0.2) is 0 Å². The number of fused-ring (bicyclic) bond motifs is 26. The standard InChI is InChI=1S/C28H36/c1-7-13-17-9-3-4-10(9)18(17)22(13)24-14(7)21-15-8(2)16-23-19-11-5-6-12(11)20(19)27(23)25(16)26(15)28(21)24/h7-28H,3-6H2,1-2H3. The van der Waals surface area contributed by atoms with Gasteiger partial charge in [-0.1, -0.05) is 13.8 Å². The lowest BCUT2D eigenvalue weighted by Crippen LogP contribution is -2.78. The fourth-order valence-corrected chi connectivity index (χ4v) is 15.8. The van der Waals surface area contributed by atoms with E-state index < -0.39 is 0 Å². The maximum atomic E-state index is 2.77. The van der Waals surface area contributed by atoms with Gasteiger partial charge in [-0.05, 0) is 156 Å². The Labute approximate surface area is 170 Å². The maximum Gasteiger partial charge on any atom is -0.0312 e. The van der Waals surface area contributed by atoms with Gasteiger partial charge in [-0.3, -0.25) is 0 Å². The van der Waals surface area contributed by atoms with Crippen molar-refractivity contribution >= 4 is 0 Å². The van der Waals surface area contributed by atoms with E-state index in [0.717, 1.165) is 11.8 Å². The third-order valence-electron chi connectivity index (χ3n) is 16.1. The zero-order chi connectivity index (χ0) is 17.5. The molecule has 0 aromatic rings. The zero-order valence-electron chi connectivity index (χ0n) is 17.5. The monoisotopic (exact) mass is 372 g/mol. The van der Waals surface area contributed by atoms with Crippen molar-refractivity contribution in [2.24, 2.45) is 130 Å². The Morgan fingerprint density at radius 1 is 0.286 bits per heavy atom. The smallest absolute Gasteiger partial charge is 0.0312 e. The van der Waals surface area contributed by atoms with Gasteiger partial charge in [0.15, 0.2) is 0 Å². The Hall–Kier alpha value is 0. The summed E-state index contributed by atoms with van der Waals surface area (Å²) >= 11 is 0. The molecule has 0 saturated heterocycles. The third kappa shape index (κ3) is 0.962. The molecule has 11 fully saturated rings. The zero-order valence-corrected chi connectivity index (χ0v) is 17.5. The Balaban J connectivity index is 0.966. The first-order chi connectivity index (χ1) is 13.8. The van der Waals surface area contributed by atoms with Gasteiger partial charge >= 0.3 is 0 Å². The van der Waals surface area contributed by atoms with Crippen molar-refractivity contribution < 1.29 is 0 Å². The second-order valence-corrected chi connectivity index (χ2v) is 14.8. The van der Waals surface area contributed by atoms with Crippen LogP contribution >= 0.6 is 0 Å². The summed E-state index contributed by atoms with van der Waals surface area (Å²) in [6, 6.07) is 0. The highest BCUT2D eigenvalue weighted by Crippen LogP contribution is 2.92. The average Bonchev–Trinajstić information content (AvgIpc) is 2.91. The summed E-state index contributed by atoms with van der Waals surface area (Å²) in [7, 11) is 0. The van der Waals surface area contributed by atoms with Crippen molar-refractivity contribution in [2.75, 3.05) is 0 Å². The second-order valence-electron chi connectivity index (χ2n) is 14.8. The molecule has 0 bridgehead atoms. The molecule has 11 saturated carbocycles. The number of rotatable bonds is 0. The highest BCUT2D eigenvalue weighted by molar-refractivity contribution is 5.35. The molecule has 148 valence electrons. The molecule has 0 aromatic carbocycles. The van der Waals surface area contributed by atoms with Gasteiger partial charge in [-0.2, -0.15) is 0 Å². The fourth-order valence-electron chi connectivity index (χ4n) is 15.8. The Bertz CT molecular complexity index is 858. The van der Waals surface area contributed by atoms with E-state index in [2.05, 4.69) is 13.8 Å². The molecule has 28 heavy (non-hydrogen) atoms. The van der Waals surface area contributed by atoms with E-state index >= 15 is 0 Å². The minimum Gasteiger partial charge on any atom is -0.0619 e. The lowest BCUT2D eigenvalue weighted by Gasteiger charge is -2.82. The molecule has 22 atom stereocenters. The van der Waals surface area contributed by atoms with Crippen molar-refractivity contribution in [2.45, 2.75) is 39.5 Å². The minimum atomic E-state index is 1.13. The van der Waals surface area contributed by atoms with E-state index in [1.165, 1.54) is 118 Å². The lowest BCUT2D eigenvalue weighted by atomic mass is 9.22. The summed E-state index contributed by atoms with van der Waals surface area (Å²) in [5.41, 5.74) is 0. The molecular weight excluding hydrogens is 336 g/mol. The van der Waals surface area contributed by atoms with Crippen molar-refractivity contribution in [3.8, 4) is 0 Å². The first kappa shape index (κ1) is 14.1. The molecule has 22 unspecified atom stereocenters. The van der Waals surface area contributed by atoms with Gasteiger partial charge in [0, 0.05) is 0 Å². The molecule has 0 nitrogen and oxygen atoms in total. The molecule has 0 heteroatoms. The van der Waals surface area contributed by atoms with Gasteiger partial charge in [0.1, 0.15) is 0 Å². The van der Waals surface area contributed by atoms with E-state index in [-0.39, 0.29) is 0 Å². The first-order valence-electron chi connectivity index (χ1n) is 13.8. The highest BCUT2D eigenvalue weighted by Gasteiger charge is 2.88. The van der Waals surface area contributed by atoms with Crippen LogP contribution in [0.25, 0.3) is 0 Å². The Kier molecular flexibility index (Phi) is 1.88. The van der Waals surface area contributed by atoms with Crippen LogP contribution in [-0.2, 0) is 0 Å². The Morgan fingerprint density at radius 2 is 0.500 bits per heavy atom. The summed E-state index contributed by atoms with van der Waals surface area (Å²) in [5.74, 6) is 27.3. The topological polar surface area (TPSA) is 0 Å². The molecule has 0 spiro atoms. The van der Waals surface area contributed by atoms with Crippen LogP contribution in [0.2, 0.25) is 0 Å². The molecule has 11 rings (SSSR count). The van der Waals surface area contributed by atoms with Crippen LogP contribution in [0.15, 0.2) is 0 Å². The van der Waals surface area contributed by atoms with Crippen molar-refractivity contribution in [3.05, 3.63) is 0 Å². The summed E-state index contributed by atoms with van der Waals surface area (Å²) in [5, 5.41) is 0. The molecule has 0 aliphatic heterocycles. The molecule has 0 amide bonds. The van der Waals surface area contributed by atoms with E-state index in [0.29, 0.717) is 0 Å². The first-order valence-corrected chi connectivity index (χ1v) is 13.8. The molecule has 0 N–H and O–H groups in total. The third-order valence-corrected chi connectivity index (χ3v) is 16.1. The quantitative estimate of drug-likeness (QED) is 0.507. The second kappa shape index (κ2) is 3.72. The van der Waals surface area contributed by atoms with Crippen LogP contribution in [0.5, 0.6) is 0 Å². The summed E-state index contributed by atoms with van der Waals surface area (Å²) < 4.78 is 0. The molecule has 0 heterocycles. The van der Waals surface area contributed by atoms with Crippen molar-refractivity contribution in [3.63, 3.8) is 0 Å². The van der Waals surface area contributed by atoms with E-state index in [4.69, 9.17) is 0 Å². The molecule has 0 radical (unpaired) electrons. The normalized spacial score (nSPS) is 88.5. The van der Waals surface area contributed by atoms with E-state index in [1.54, 1.807) is 25.7 Å². The maximum absolute atomic E-state index is 2.77. The predicted octanol–water partition coefficient (Wildman–Crippen LogP) is 5.29. The lowest BCUT2D eigenvalue weighted by molar-refractivity contribution is -0.350. The van der Waals surface area contributed by atoms with Gasteiger partial charge < -0.3 is 0 Å². The number of hydrogen-bond donors (Lipinski definition) is 0. The van der Waals surface area contributed by atoms with Crippen LogP contribution in [0.4, 0.5) is 0 Å². The van der Waals surface area contributed by atoms with Crippen LogP contribution in [0.3, 0.4) is 0 Å². The predicted molar refractivity (Wildman–Crippen MR) is 107 cm³/mol. The molecule has 11 aliphatic rings. The molecule has 0 aromatic heterocycles. The van der Waals surface area contributed by atoms with Crippen molar-refractivity contribution in [1.29, 1.82) is 0 Å². The van der Waals surface area contributed by atoms with Crippen LogP contribution < -0.4 is 0 Å². The van der Waals surface area contributed by atoms with Crippen molar-refractivity contribution in [1.82, 2.24) is 0 Å². The van der Waals surface area contributed by atoms with Gasteiger partial charge in [0.25, 0.3) is 0 Å².